The highest BCUT2D eigenvalue weighted by Crippen LogP contribution is 2.30. The number of nitrogens with one attached hydrogen (secondary N) is 1. The van der Waals surface area contributed by atoms with Crippen LogP contribution < -0.4 is 10.2 Å². The summed E-state index contributed by atoms with van der Waals surface area (Å²) in [6.07, 6.45) is 2.53. The molecule has 1 heterocycles. The molecular weight excluding hydrogens is 403 g/mol. The molecule has 2 aromatic rings. The number of hydrazone groups is 1. The molecule has 22 heavy (non-hydrogen) atoms. The third-order valence-electron chi connectivity index (χ3n) is 2.63. The minimum Gasteiger partial charge on any atom is -0.504 e. The van der Waals surface area contributed by atoms with E-state index in [-0.39, 0.29) is 11.4 Å². The van der Waals surface area contributed by atoms with Gasteiger partial charge in [0.25, 0.3) is 5.69 Å². The number of anilines is 1. The zero-order chi connectivity index (χ0) is 16.1. The van der Waals surface area contributed by atoms with E-state index in [1.54, 1.807) is 12.1 Å². The average molecular weight is 414 g/mol. The molecule has 114 valence electrons. The Kier molecular flexibility index (Phi) is 5.09. The third-order valence-corrected chi connectivity index (χ3v) is 3.25. The molecule has 1 aromatic heterocycles. The summed E-state index contributed by atoms with van der Waals surface area (Å²) >= 11 is 2.09. The second-order valence-electron chi connectivity index (χ2n) is 4.07. The van der Waals surface area contributed by atoms with Gasteiger partial charge in [-0.2, -0.15) is 5.10 Å². The number of hydrogen-bond donors (Lipinski definition) is 2. The normalized spacial score (nSPS) is 10.6. The predicted octanol–water partition coefficient (Wildman–Crippen LogP) is 2.75. The van der Waals surface area contributed by atoms with Crippen LogP contribution in [0.3, 0.4) is 0 Å². The number of benzene rings is 1. The molecule has 0 aliphatic heterocycles. The number of aromatic hydroxyl groups is 1. The molecule has 8 nitrogen and oxygen atoms in total. The van der Waals surface area contributed by atoms with E-state index < -0.39 is 4.92 Å². The lowest BCUT2D eigenvalue weighted by atomic mass is 10.2. The van der Waals surface area contributed by atoms with Crippen molar-refractivity contribution in [2.24, 2.45) is 5.10 Å². The number of phenols is 1. The molecule has 1 aromatic carbocycles. The van der Waals surface area contributed by atoms with Gasteiger partial charge in [0.15, 0.2) is 11.5 Å². The number of ether oxygens (including phenoxy) is 1. The highest BCUT2D eigenvalue weighted by Gasteiger charge is 2.08. The Morgan fingerprint density at radius 1 is 1.50 bits per heavy atom. The van der Waals surface area contributed by atoms with E-state index in [1.807, 2.05) is 0 Å². The van der Waals surface area contributed by atoms with Gasteiger partial charge in [-0.3, -0.25) is 15.5 Å². The van der Waals surface area contributed by atoms with Crippen LogP contribution in [0.25, 0.3) is 0 Å². The van der Waals surface area contributed by atoms with Crippen LogP contribution in [0.15, 0.2) is 35.6 Å². The standard InChI is InChI=1S/C13H11IN4O4/c1-22-11-5-9(14)4-8(13(11)19)6-16-17-12-3-2-10(7-15-12)18(20)21/h2-7,19H,1H3,(H,15,17)/b16-6+. The van der Waals surface area contributed by atoms with E-state index in [2.05, 4.69) is 38.1 Å². The molecule has 2 N–H and O–H groups in total. The first-order valence-electron chi connectivity index (χ1n) is 5.97. The van der Waals surface area contributed by atoms with Crippen LogP contribution in [0.5, 0.6) is 11.5 Å². The van der Waals surface area contributed by atoms with E-state index in [0.29, 0.717) is 17.1 Å². The summed E-state index contributed by atoms with van der Waals surface area (Å²) in [7, 11) is 1.46. The van der Waals surface area contributed by atoms with E-state index in [4.69, 9.17) is 4.74 Å². The molecule has 0 saturated heterocycles. The summed E-state index contributed by atoms with van der Waals surface area (Å²) in [5.74, 6) is 0.672. The number of nitro groups is 1. The van der Waals surface area contributed by atoms with E-state index in [9.17, 15) is 15.2 Å². The molecule has 0 unspecified atom stereocenters. The molecule has 0 aliphatic rings. The first kappa shape index (κ1) is 15.9. The van der Waals surface area contributed by atoms with Crippen molar-refractivity contribution in [1.29, 1.82) is 0 Å². The highest BCUT2D eigenvalue weighted by molar-refractivity contribution is 14.1. The van der Waals surface area contributed by atoms with Crippen LogP contribution in [0.4, 0.5) is 11.5 Å². The Morgan fingerprint density at radius 3 is 2.86 bits per heavy atom. The van der Waals surface area contributed by atoms with Crippen molar-refractivity contribution in [1.82, 2.24) is 4.98 Å². The summed E-state index contributed by atoms with van der Waals surface area (Å²) in [5, 5.41) is 24.4. The summed E-state index contributed by atoms with van der Waals surface area (Å²) in [6, 6.07) is 6.17. The number of halogens is 1. The predicted molar refractivity (Wildman–Crippen MR) is 89.5 cm³/mol. The third kappa shape index (κ3) is 3.81. The van der Waals surface area contributed by atoms with Gasteiger partial charge in [0.05, 0.1) is 18.2 Å². The van der Waals surface area contributed by atoms with E-state index in [1.165, 1.54) is 25.5 Å². The first-order valence-corrected chi connectivity index (χ1v) is 7.05. The van der Waals surface area contributed by atoms with Crippen LogP contribution in [0.2, 0.25) is 0 Å². The Balaban J connectivity index is 2.12. The Bertz CT molecular complexity index is 719. The molecule has 0 atom stereocenters. The smallest absolute Gasteiger partial charge is 0.287 e. The van der Waals surface area contributed by atoms with E-state index in [0.717, 1.165) is 9.77 Å². The summed E-state index contributed by atoms with van der Waals surface area (Å²) in [4.78, 5) is 13.8. The largest absolute Gasteiger partial charge is 0.504 e. The fraction of sp³-hybridized carbons (Fsp3) is 0.0769. The van der Waals surface area contributed by atoms with Gasteiger partial charge in [0, 0.05) is 15.2 Å². The van der Waals surface area contributed by atoms with Gasteiger partial charge in [0.2, 0.25) is 0 Å². The summed E-state index contributed by atoms with van der Waals surface area (Å²) in [6.45, 7) is 0. The van der Waals surface area contributed by atoms with Crippen LogP contribution in [-0.2, 0) is 0 Å². The number of methoxy groups -OCH3 is 1. The number of nitrogens with zero attached hydrogens (tertiary/aromatic N) is 3. The quantitative estimate of drug-likeness (QED) is 0.337. The molecule has 0 radical (unpaired) electrons. The maximum absolute atomic E-state index is 10.5. The molecule has 2 rings (SSSR count). The second-order valence-corrected chi connectivity index (χ2v) is 5.32. The number of rotatable bonds is 5. The number of phenolic OH excluding ortho intramolecular Hbond substituents is 1. The molecular formula is C13H11IN4O4. The fourth-order valence-electron chi connectivity index (χ4n) is 1.58. The van der Waals surface area contributed by atoms with Gasteiger partial charge < -0.3 is 9.84 Å². The van der Waals surface area contributed by atoms with Crippen LogP contribution in [0, 0.1) is 13.7 Å². The second kappa shape index (κ2) is 7.02. The van der Waals surface area contributed by atoms with E-state index >= 15 is 0 Å². The van der Waals surface area contributed by atoms with Crippen molar-refractivity contribution < 1.29 is 14.8 Å². The molecule has 9 heteroatoms. The van der Waals surface area contributed by atoms with Gasteiger partial charge in [-0.1, -0.05) is 0 Å². The maximum atomic E-state index is 10.5. The summed E-state index contributed by atoms with van der Waals surface area (Å²) in [5.41, 5.74) is 2.99. The molecule has 0 fully saturated rings. The lowest BCUT2D eigenvalue weighted by Gasteiger charge is -2.06. The van der Waals surface area contributed by atoms with Crippen molar-refractivity contribution in [3.63, 3.8) is 0 Å². The van der Waals surface area contributed by atoms with Gasteiger partial charge in [-0.05, 0) is 40.8 Å². The highest BCUT2D eigenvalue weighted by atomic mass is 127. The van der Waals surface area contributed by atoms with Gasteiger partial charge in [0.1, 0.15) is 12.0 Å². The molecule has 0 saturated carbocycles. The minimum atomic E-state index is -0.531. The zero-order valence-corrected chi connectivity index (χ0v) is 13.5. The van der Waals surface area contributed by atoms with Gasteiger partial charge >= 0.3 is 0 Å². The molecule has 0 spiro atoms. The zero-order valence-electron chi connectivity index (χ0n) is 11.4. The number of hydrogen-bond acceptors (Lipinski definition) is 7. The van der Waals surface area contributed by atoms with Gasteiger partial charge in [-0.25, -0.2) is 4.98 Å². The SMILES string of the molecule is COc1cc(I)cc(/C=N/Nc2ccc([N+](=O)[O-])cn2)c1O. The molecule has 0 amide bonds. The monoisotopic (exact) mass is 414 g/mol. The molecule has 0 bridgehead atoms. The van der Waals surface area contributed by atoms with Gasteiger partial charge in [-0.15, -0.1) is 0 Å². The average Bonchev–Trinajstić information content (AvgIpc) is 2.50. The summed E-state index contributed by atoms with van der Waals surface area (Å²) < 4.78 is 5.93. The van der Waals surface area contributed by atoms with Crippen LogP contribution in [0.1, 0.15) is 5.56 Å². The van der Waals surface area contributed by atoms with Crippen molar-refractivity contribution >= 4 is 40.3 Å². The minimum absolute atomic E-state index is 0.0230. The lowest BCUT2D eigenvalue weighted by molar-refractivity contribution is -0.385. The Labute approximate surface area is 139 Å². The Hall–Kier alpha value is -2.43. The number of aromatic nitrogens is 1. The fourth-order valence-corrected chi connectivity index (χ4v) is 2.19. The van der Waals surface area contributed by atoms with Crippen molar-refractivity contribution in [3.8, 4) is 11.5 Å². The van der Waals surface area contributed by atoms with Crippen molar-refractivity contribution in [3.05, 3.63) is 49.7 Å². The Morgan fingerprint density at radius 2 is 2.27 bits per heavy atom. The lowest BCUT2D eigenvalue weighted by Crippen LogP contribution is -1.96. The van der Waals surface area contributed by atoms with Crippen LogP contribution in [-0.4, -0.2) is 28.3 Å². The van der Waals surface area contributed by atoms with Crippen molar-refractivity contribution in [2.75, 3.05) is 12.5 Å². The first-order chi connectivity index (χ1) is 10.5. The maximum Gasteiger partial charge on any atom is 0.287 e. The van der Waals surface area contributed by atoms with Crippen LogP contribution >= 0.6 is 22.6 Å². The van der Waals surface area contributed by atoms with Crippen molar-refractivity contribution in [2.45, 2.75) is 0 Å². The topological polar surface area (TPSA) is 110 Å². The molecule has 0 aliphatic carbocycles. The number of pyridine rings is 1.